The molecular formula is C16H19NOS. The van der Waals surface area contributed by atoms with Crippen molar-refractivity contribution in [2.45, 2.75) is 33.6 Å². The van der Waals surface area contributed by atoms with Gasteiger partial charge in [0.1, 0.15) is 0 Å². The molecule has 1 aromatic carbocycles. The lowest BCUT2D eigenvalue weighted by molar-refractivity contribution is 0.103. The van der Waals surface area contributed by atoms with E-state index >= 15 is 0 Å². The molecule has 19 heavy (non-hydrogen) atoms. The first-order valence-electron chi connectivity index (χ1n) is 6.63. The minimum atomic E-state index is -0.0166. The van der Waals surface area contributed by atoms with Crippen molar-refractivity contribution in [1.29, 1.82) is 0 Å². The van der Waals surface area contributed by atoms with Crippen LogP contribution in [0.5, 0.6) is 0 Å². The third-order valence-electron chi connectivity index (χ3n) is 3.25. The Bertz CT molecular complexity index is 569. The summed E-state index contributed by atoms with van der Waals surface area (Å²) >= 11 is 1.56. The first kappa shape index (κ1) is 13.8. The van der Waals surface area contributed by atoms with E-state index in [0.29, 0.717) is 0 Å². The number of carbonyl (C=O) groups is 1. The Morgan fingerprint density at radius 2 is 1.84 bits per heavy atom. The third-order valence-corrected chi connectivity index (χ3v) is 4.34. The predicted octanol–water partition coefficient (Wildman–Crippen LogP) is 4.43. The summed E-state index contributed by atoms with van der Waals surface area (Å²) in [6, 6.07) is 10.0. The van der Waals surface area contributed by atoms with Crippen LogP contribution in [0.25, 0.3) is 0 Å². The number of carbonyl (C=O) groups excluding carboxylic acids is 1. The van der Waals surface area contributed by atoms with Gasteiger partial charge in [-0.1, -0.05) is 26.0 Å². The molecule has 0 aliphatic rings. The van der Waals surface area contributed by atoms with Gasteiger partial charge in [-0.05, 0) is 49.1 Å². The maximum atomic E-state index is 12.1. The summed E-state index contributed by atoms with van der Waals surface area (Å²) < 4.78 is 0. The number of nitrogens with one attached hydrogen (secondary N) is 1. The lowest BCUT2D eigenvalue weighted by Gasteiger charge is -2.04. The molecule has 0 atom stereocenters. The molecule has 100 valence electrons. The molecule has 2 nitrogen and oxygen atoms in total. The number of hydrogen-bond donors (Lipinski definition) is 1. The highest BCUT2D eigenvalue weighted by Crippen LogP contribution is 2.23. The molecule has 1 amide bonds. The molecule has 0 saturated carbocycles. The molecule has 2 rings (SSSR count). The molecule has 0 fully saturated rings. The second kappa shape index (κ2) is 6.02. The molecule has 1 N–H and O–H groups in total. The average Bonchev–Trinajstić information content (AvgIpc) is 2.81. The lowest BCUT2D eigenvalue weighted by atomic mass is 10.1. The molecule has 0 spiro atoms. The zero-order chi connectivity index (χ0) is 13.8. The highest BCUT2D eigenvalue weighted by atomic mass is 32.1. The van der Waals surface area contributed by atoms with E-state index in [1.54, 1.807) is 11.3 Å². The average molecular weight is 273 g/mol. The summed E-state index contributed by atoms with van der Waals surface area (Å²) in [4.78, 5) is 14.2. The quantitative estimate of drug-likeness (QED) is 0.877. The standard InChI is InChI=1S/C16H19NOS/c1-4-12-6-8-14(9-7-12)17-16(18)15-10-13(5-2)11(3)19-15/h6-10H,4-5H2,1-3H3,(H,17,18). The Hall–Kier alpha value is -1.61. The van der Waals surface area contributed by atoms with Gasteiger partial charge in [0.2, 0.25) is 0 Å². The fourth-order valence-electron chi connectivity index (χ4n) is 2.00. The van der Waals surface area contributed by atoms with Crippen LogP contribution in [-0.2, 0) is 12.8 Å². The topological polar surface area (TPSA) is 29.1 Å². The first-order valence-corrected chi connectivity index (χ1v) is 7.45. The fraction of sp³-hybridized carbons (Fsp3) is 0.312. The molecule has 0 radical (unpaired) electrons. The van der Waals surface area contributed by atoms with Gasteiger partial charge in [-0.15, -0.1) is 11.3 Å². The van der Waals surface area contributed by atoms with Crippen LogP contribution in [0.1, 0.15) is 39.5 Å². The van der Waals surface area contributed by atoms with Gasteiger partial charge in [-0.2, -0.15) is 0 Å². The van der Waals surface area contributed by atoms with Crippen LogP contribution >= 0.6 is 11.3 Å². The van der Waals surface area contributed by atoms with E-state index in [2.05, 4.69) is 26.1 Å². The van der Waals surface area contributed by atoms with E-state index in [4.69, 9.17) is 0 Å². The number of thiophene rings is 1. The van der Waals surface area contributed by atoms with E-state index in [1.807, 2.05) is 30.3 Å². The molecule has 2 aromatic rings. The number of hydrogen-bond acceptors (Lipinski definition) is 2. The number of anilines is 1. The molecule has 3 heteroatoms. The normalized spacial score (nSPS) is 10.5. The van der Waals surface area contributed by atoms with Gasteiger partial charge in [-0.3, -0.25) is 4.79 Å². The van der Waals surface area contributed by atoms with Crippen LogP contribution in [0, 0.1) is 6.92 Å². The predicted molar refractivity (Wildman–Crippen MR) is 82.2 cm³/mol. The van der Waals surface area contributed by atoms with Gasteiger partial charge in [0.05, 0.1) is 4.88 Å². The smallest absolute Gasteiger partial charge is 0.265 e. The summed E-state index contributed by atoms with van der Waals surface area (Å²) in [5, 5.41) is 2.95. The molecule has 0 unspecified atom stereocenters. The third kappa shape index (κ3) is 3.24. The van der Waals surface area contributed by atoms with Crippen LogP contribution in [0.4, 0.5) is 5.69 Å². The van der Waals surface area contributed by atoms with Crippen LogP contribution in [0.3, 0.4) is 0 Å². The maximum absolute atomic E-state index is 12.1. The summed E-state index contributed by atoms with van der Waals surface area (Å²) in [5.41, 5.74) is 3.39. The lowest BCUT2D eigenvalue weighted by Crippen LogP contribution is -2.10. The molecule has 1 heterocycles. The summed E-state index contributed by atoms with van der Waals surface area (Å²) in [5.74, 6) is -0.0166. The van der Waals surface area contributed by atoms with Crippen LogP contribution in [0.15, 0.2) is 30.3 Å². The molecule has 0 bridgehead atoms. The molecular weight excluding hydrogens is 254 g/mol. The molecule has 0 aliphatic heterocycles. The van der Waals surface area contributed by atoms with Crippen molar-refractivity contribution in [3.05, 3.63) is 51.2 Å². The largest absolute Gasteiger partial charge is 0.321 e. The van der Waals surface area contributed by atoms with Gasteiger partial charge >= 0.3 is 0 Å². The van der Waals surface area contributed by atoms with Crippen LogP contribution in [-0.4, -0.2) is 5.91 Å². The zero-order valence-electron chi connectivity index (χ0n) is 11.6. The van der Waals surface area contributed by atoms with Crippen molar-refractivity contribution in [2.75, 3.05) is 5.32 Å². The van der Waals surface area contributed by atoms with Crippen molar-refractivity contribution in [3.8, 4) is 0 Å². The van der Waals surface area contributed by atoms with E-state index in [0.717, 1.165) is 23.4 Å². The van der Waals surface area contributed by atoms with Crippen molar-refractivity contribution >= 4 is 22.9 Å². The minimum absolute atomic E-state index is 0.0166. The number of benzene rings is 1. The maximum Gasteiger partial charge on any atom is 0.265 e. The van der Waals surface area contributed by atoms with Gasteiger partial charge in [0.25, 0.3) is 5.91 Å². The Balaban J connectivity index is 2.11. The van der Waals surface area contributed by atoms with E-state index < -0.39 is 0 Å². The number of amides is 1. The minimum Gasteiger partial charge on any atom is -0.321 e. The van der Waals surface area contributed by atoms with E-state index in [-0.39, 0.29) is 5.91 Å². The van der Waals surface area contributed by atoms with Crippen molar-refractivity contribution in [1.82, 2.24) is 0 Å². The van der Waals surface area contributed by atoms with Gasteiger partial charge in [0.15, 0.2) is 0 Å². The van der Waals surface area contributed by atoms with Crippen LogP contribution in [0.2, 0.25) is 0 Å². The number of rotatable bonds is 4. The summed E-state index contributed by atoms with van der Waals surface area (Å²) in [7, 11) is 0. The molecule has 0 aliphatic carbocycles. The van der Waals surface area contributed by atoms with Crippen molar-refractivity contribution in [2.24, 2.45) is 0 Å². The summed E-state index contributed by atoms with van der Waals surface area (Å²) in [6.07, 6.45) is 1.99. The highest BCUT2D eigenvalue weighted by Gasteiger charge is 2.11. The van der Waals surface area contributed by atoms with Gasteiger partial charge < -0.3 is 5.32 Å². The fourth-order valence-corrected chi connectivity index (χ4v) is 3.01. The number of aryl methyl sites for hydroxylation is 3. The van der Waals surface area contributed by atoms with Crippen molar-refractivity contribution < 1.29 is 4.79 Å². The van der Waals surface area contributed by atoms with E-state index in [1.165, 1.54) is 16.0 Å². The Labute approximate surface area is 118 Å². The van der Waals surface area contributed by atoms with Gasteiger partial charge in [-0.25, -0.2) is 0 Å². The van der Waals surface area contributed by atoms with Gasteiger partial charge in [0, 0.05) is 10.6 Å². The monoisotopic (exact) mass is 273 g/mol. The second-order valence-electron chi connectivity index (χ2n) is 4.55. The summed E-state index contributed by atoms with van der Waals surface area (Å²) in [6.45, 7) is 6.30. The van der Waals surface area contributed by atoms with E-state index in [9.17, 15) is 4.79 Å². The molecule has 1 aromatic heterocycles. The SMILES string of the molecule is CCc1ccc(NC(=O)c2cc(CC)c(C)s2)cc1. The Morgan fingerprint density at radius 1 is 1.16 bits per heavy atom. The Kier molecular flexibility index (Phi) is 4.38. The highest BCUT2D eigenvalue weighted by molar-refractivity contribution is 7.14. The first-order chi connectivity index (χ1) is 9.13. The molecule has 0 saturated heterocycles. The Morgan fingerprint density at radius 3 is 2.37 bits per heavy atom. The zero-order valence-corrected chi connectivity index (χ0v) is 12.4. The van der Waals surface area contributed by atoms with Crippen LogP contribution < -0.4 is 5.32 Å². The van der Waals surface area contributed by atoms with Crippen molar-refractivity contribution in [3.63, 3.8) is 0 Å². The second-order valence-corrected chi connectivity index (χ2v) is 5.81.